The molecular weight excluding hydrogens is 334 g/mol. The summed E-state index contributed by atoms with van der Waals surface area (Å²) in [6.45, 7) is 5.63. The summed E-state index contributed by atoms with van der Waals surface area (Å²) in [7, 11) is 0. The molecule has 0 bridgehead atoms. The molecule has 0 aliphatic heterocycles. The fraction of sp³-hybridized carbons (Fsp3) is 0.545. The summed E-state index contributed by atoms with van der Waals surface area (Å²) in [5.74, 6) is -0.947. The summed E-state index contributed by atoms with van der Waals surface area (Å²) in [4.78, 5) is 26.6. The van der Waals surface area contributed by atoms with E-state index in [2.05, 4.69) is 31.5 Å². The highest BCUT2D eigenvalue weighted by Crippen LogP contribution is 2.24. The van der Waals surface area contributed by atoms with Gasteiger partial charge in [0.25, 0.3) is 0 Å². The van der Waals surface area contributed by atoms with Gasteiger partial charge in [0.15, 0.2) is 5.13 Å². The highest BCUT2D eigenvalue weighted by molar-refractivity contribution is 9.11. The zero-order chi connectivity index (χ0) is 14.6. The number of thiazole rings is 1. The summed E-state index contributed by atoms with van der Waals surface area (Å²) in [6, 6.07) is -0.920. The number of urea groups is 1. The molecule has 1 heterocycles. The van der Waals surface area contributed by atoms with E-state index in [9.17, 15) is 9.59 Å². The zero-order valence-electron chi connectivity index (χ0n) is 10.9. The Kier molecular flexibility index (Phi) is 5.30. The van der Waals surface area contributed by atoms with Crippen LogP contribution in [0.15, 0.2) is 9.98 Å². The number of amides is 2. The first-order chi connectivity index (χ1) is 8.68. The summed E-state index contributed by atoms with van der Waals surface area (Å²) in [5.41, 5.74) is -0.348. The molecular formula is C11H16BrN3O3S. The molecule has 0 aliphatic rings. The van der Waals surface area contributed by atoms with Gasteiger partial charge >= 0.3 is 12.0 Å². The SMILES string of the molecule is CC(C)(C)C(CC(=O)O)NC(=O)Nc1ncc(Br)s1. The van der Waals surface area contributed by atoms with E-state index in [-0.39, 0.29) is 11.8 Å². The monoisotopic (exact) mass is 349 g/mol. The van der Waals surface area contributed by atoms with E-state index in [1.165, 1.54) is 11.3 Å². The van der Waals surface area contributed by atoms with Gasteiger partial charge in [-0.05, 0) is 21.3 Å². The van der Waals surface area contributed by atoms with Crippen LogP contribution in [0.2, 0.25) is 0 Å². The largest absolute Gasteiger partial charge is 0.481 e. The smallest absolute Gasteiger partial charge is 0.321 e. The Morgan fingerprint density at radius 2 is 2.16 bits per heavy atom. The van der Waals surface area contributed by atoms with Crippen LogP contribution in [0.25, 0.3) is 0 Å². The fourth-order valence-electron chi connectivity index (χ4n) is 1.35. The van der Waals surface area contributed by atoms with Gasteiger partial charge in [-0.15, -0.1) is 0 Å². The summed E-state index contributed by atoms with van der Waals surface area (Å²) >= 11 is 4.53. The van der Waals surface area contributed by atoms with Crippen LogP contribution in [0.3, 0.4) is 0 Å². The highest BCUT2D eigenvalue weighted by Gasteiger charge is 2.28. The number of nitrogens with zero attached hydrogens (tertiary/aromatic N) is 1. The van der Waals surface area contributed by atoms with Crippen LogP contribution in [0.5, 0.6) is 0 Å². The molecule has 0 radical (unpaired) electrons. The first kappa shape index (κ1) is 15.9. The van der Waals surface area contributed by atoms with Gasteiger partial charge in [-0.1, -0.05) is 32.1 Å². The molecule has 8 heteroatoms. The molecule has 3 N–H and O–H groups in total. The molecule has 1 unspecified atom stereocenters. The second-order valence-electron chi connectivity index (χ2n) is 5.08. The number of aliphatic carboxylic acids is 1. The van der Waals surface area contributed by atoms with E-state index in [1.807, 2.05) is 20.8 Å². The van der Waals surface area contributed by atoms with E-state index in [0.29, 0.717) is 5.13 Å². The van der Waals surface area contributed by atoms with Crippen LogP contribution in [0, 0.1) is 5.41 Å². The number of carboxylic acids is 1. The number of carbonyl (C=O) groups excluding carboxylic acids is 1. The Balaban J connectivity index is 2.63. The van der Waals surface area contributed by atoms with Crippen molar-refractivity contribution in [2.75, 3.05) is 5.32 Å². The van der Waals surface area contributed by atoms with Gasteiger partial charge in [0.1, 0.15) is 0 Å². The van der Waals surface area contributed by atoms with Crippen LogP contribution < -0.4 is 10.6 Å². The Labute approximate surface area is 123 Å². The van der Waals surface area contributed by atoms with Crippen molar-refractivity contribution in [3.63, 3.8) is 0 Å². The molecule has 0 saturated carbocycles. The van der Waals surface area contributed by atoms with Crippen molar-refractivity contribution in [2.45, 2.75) is 33.2 Å². The van der Waals surface area contributed by atoms with Gasteiger partial charge in [-0.2, -0.15) is 0 Å². The lowest BCUT2D eigenvalue weighted by atomic mass is 9.85. The molecule has 1 aromatic heterocycles. The molecule has 0 saturated heterocycles. The molecule has 106 valence electrons. The predicted molar refractivity (Wildman–Crippen MR) is 77.5 cm³/mol. The second kappa shape index (κ2) is 6.33. The molecule has 0 aromatic carbocycles. The first-order valence-corrected chi connectivity index (χ1v) is 7.20. The van der Waals surface area contributed by atoms with E-state index in [4.69, 9.17) is 5.11 Å². The molecule has 0 fully saturated rings. The Morgan fingerprint density at radius 1 is 1.53 bits per heavy atom. The van der Waals surface area contributed by atoms with Crippen molar-refractivity contribution in [3.05, 3.63) is 9.98 Å². The third kappa shape index (κ3) is 5.56. The van der Waals surface area contributed by atoms with Gasteiger partial charge in [0.05, 0.1) is 16.4 Å². The minimum Gasteiger partial charge on any atom is -0.481 e. The number of halogens is 1. The van der Waals surface area contributed by atoms with Crippen molar-refractivity contribution in [1.82, 2.24) is 10.3 Å². The average molecular weight is 350 g/mol. The number of rotatable bonds is 4. The van der Waals surface area contributed by atoms with Gasteiger partial charge in [-0.3, -0.25) is 10.1 Å². The predicted octanol–water partition coefficient (Wildman–Crippen LogP) is 2.92. The zero-order valence-corrected chi connectivity index (χ0v) is 13.3. The highest BCUT2D eigenvalue weighted by atomic mass is 79.9. The molecule has 6 nitrogen and oxygen atoms in total. The van der Waals surface area contributed by atoms with Gasteiger partial charge in [0.2, 0.25) is 0 Å². The van der Waals surface area contributed by atoms with Crippen LogP contribution in [-0.4, -0.2) is 28.1 Å². The number of hydrogen-bond donors (Lipinski definition) is 3. The van der Waals surface area contributed by atoms with Gasteiger partial charge in [0, 0.05) is 6.04 Å². The van der Waals surface area contributed by atoms with Crippen molar-refractivity contribution >= 4 is 44.4 Å². The normalized spacial score (nSPS) is 12.8. The number of aromatic nitrogens is 1. The van der Waals surface area contributed by atoms with Crippen molar-refractivity contribution in [1.29, 1.82) is 0 Å². The number of anilines is 1. The lowest BCUT2D eigenvalue weighted by Gasteiger charge is -2.30. The maximum atomic E-state index is 11.8. The molecule has 1 atom stereocenters. The van der Waals surface area contributed by atoms with Crippen LogP contribution in [0.1, 0.15) is 27.2 Å². The number of hydrogen-bond acceptors (Lipinski definition) is 4. The lowest BCUT2D eigenvalue weighted by molar-refractivity contribution is -0.138. The molecule has 0 spiro atoms. The first-order valence-electron chi connectivity index (χ1n) is 5.59. The number of nitrogens with one attached hydrogen (secondary N) is 2. The Morgan fingerprint density at radius 3 is 2.58 bits per heavy atom. The summed E-state index contributed by atoms with van der Waals surface area (Å²) in [6.07, 6.45) is 1.46. The Bertz CT molecular complexity index is 470. The number of carboxylic acid groups (broad SMARTS) is 1. The molecule has 1 rings (SSSR count). The third-order valence-corrected chi connectivity index (χ3v) is 3.82. The van der Waals surface area contributed by atoms with Crippen LogP contribution in [-0.2, 0) is 4.79 Å². The summed E-state index contributed by atoms with van der Waals surface area (Å²) in [5, 5.41) is 14.6. The lowest BCUT2D eigenvalue weighted by Crippen LogP contribution is -2.46. The van der Waals surface area contributed by atoms with E-state index in [1.54, 1.807) is 6.20 Å². The number of carbonyl (C=O) groups is 2. The average Bonchev–Trinajstić information content (AvgIpc) is 2.60. The minimum atomic E-state index is -0.947. The molecule has 1 aromatic rings. The molecule has 2 amide bonds. The van der Waals surface area contributed by atoms with Crippen molar-refractivity contribution in [2.24, 2.45) is 5.41 Å². The van der Waals surface area contributed by atoms with E-state index >= 15 is 0 Å². The van der Waals surface area contributed by atoms with Crippen molar-refractivity contribution < 1.29 is 14.7 Å². The van der Waals surface area contributed by atoms with Crippen molar-refractivity contribution in [3.8, 4) is 0 Å². The Hall–Kier alpha value is -1.15. The second-order valence-corrected chi connectivity index (χ2v) is 7.49. The topological polar surface area (TPSA) is 91.3 Å². The minimum absolute atomic E-state index is 0.127. The van der Waals surface area contributed by atoms with E-state index < -0.39 is 18.0 Å². The van der Waals surface area contributed by atoms with E-state index in [0.717, 1.165) is 3.79 Å². The molecule has 19 heavy (non-hydrogen) atoms. The maximum absolute atomic E-state index is 11.8. The fourth-order valence-corrected chi connectivity index (χ4v) is 2.45. The third-order valence-electron chi connectivity index (χ3n) is 2.43. The van der Waals surface area contributed by atoms with Gasteiger partial charge < -0.3 is 10.4 Å². The van der Waals surface area contributed by atoms with Gasteiger partial charge in [-0.25, -0.2) is 9.78 Å². The maximum Gasteiger partial charge on any atom is 0.321 e. The standard InChI is InChI=1S/C11H16BrN3O3S/c1-11(2,3)6(4-8(16)17)14-9(18)15-10-13-5-7(12)19-10/h5-6H,4H2,1-3H3,(H,16,17)(H2,13,14,15,18). The summed E-state index contributed by atoms with van der Waals surface area (Å²) < 4.78 is 0.806. The quantitative estimate of drug-likeness (QED) is 0.779. The van der Waals surface area contributed by atoms with Crippen LogP contribution >= 0.6 is 27.3 Å². The molecule has 0 aliphatic carbocycles. The van der Waals surface area contributed by atoms with Crippen LogP contribution in [0.4, 0.5) is 9.93 Å².